The molecule has 0 aliphatic heterocycles. The molecule has 1 atom stereocenters. The fourth-order valence-electron chi connectivity index (χ4n) is 3.66. The number of hydrogen-bond acceptors (Lipinski definition) is 4. The largest absolute Gasteiger partial charge is 0.481 e. The van der Waals surface area contributed by atoms with Crippen LogP contribution in [0, 0.1) is 0 Å². The van der Waals surface area contributed by atoms with Gasteiger partial charge in [-0.25, -0.2) is 4.98 Å². The van der Waals surface area contributed by atoms with Crippen molar-refractivity contribution in [2.45, 2.75) is 19.3 Å². The molecule has 2 aromatic carbocycles. The van der Waals surface area contributed by atoms with Crippen molar-refractivity contribution in [3.63, 3.8) is 0 Å². The number of hydrogen-bond donors (Lipinski definition) is 2. The highest BCUT2D eigenvalue weighted by atomic mass is 16.4. The number of para-hydroxylation sites is 1. The van der Waals surface area contributed by atoms with E-state index >= 15 is 0 Å². The Balaban J connectivity index is 2.30. The Kier molecular flexibility index (Phi) is 4.01. The third-order valence-corrected chi connectivity index (χ3v) is 4.87. The number of nitrogens with zero attached hydrogens (tertiary/aromatic N) is 2. The lowest BCUT2D eigenvalue weighted by Crippen LogP contribution is -2.17. The van der Waals surface area contributed by atoms with Gasteiger partial charge in [-0.1, -0.05) is 25.1 Å². The molecule has 0 aliphatic rings. The summed E-state index contributed by atoms with van der Waals surface area (Å²) in [5, 5.41) is 22.0. The maximum absolute atomic E-state index is 11.9. The molecule has 0 aliphatic carbocycles. The van der Waals surface area contributed by atoms with Gasteiger partial charge >= 0.3 is 5.97 Å². The molecule has 2 aromatic heterocycles. The van der Waals surface area contributed by atoms with Gasteiger partial charge in [0.2, 0.25) is 0 Å². The second kappa shape index (κ2) is 6.35. The molecule has 1 unspecified atom stereocenters. The van der Waals surface area contributed by atoms with Crippen LogP contribution < -0.4 is 0 Å². The minimum atomic E-state index is -1.04. The molecule has 2 N–H and O–H groups in total. The Bertz CT molecular complexity index is 1150. The number of aliphatic hydroxyl groups excluding tert-OH is 1. The van der Waals surface area contributed by atoms with Gasteiger partial charge in [0, 0.05) is 22.4 Å². The number of carbonyl (C=O) groups is 1. The van der Waals surface area contributed by atoms with Crippen LogP contribution in [0.1, 0.15) is 24.0 Å². The Hall–Kier alpha value is -3.05. The minimum absolute atomic E-state index is 0.466. The second-order valence-electron chi connectivity index (χ2n) is 6.30. The van der Waals surface area contributed by atoms with Crippen molar-refractivity contribution >= 4 is 38.7 Å². The first-order chi connectivity index (χ1) is 12.7. The summed E-state index contributed by atoms with van der Waals surface area (Å²) >= 11 is 0. The summed E-state index contributed by atoms with van der Waals surface area (Å²) in [5.41, 5.74) is 3.90. The van der Waals surface area contributed by atoms with Crippen LogP contribution in [0.25, 0.3) is 32.7 Å². The summed E-state index contributed by atoms with van der Waals surface area (Å²) in [6, 6.07) is 13.3. The van der Waals surface area contributed by atoms with Crippen molar-refractivity contribution in [1.29, 1.82) is 0 Å². The monoisotopic (exact) mass is 346 g/mol. The fourth-order valence-corrected chi connectivity index (χ4v) is 3.66. The predicted molar refractivity (Wildman–Crippen MR) is 101 cm³/mol. The first kappa shape index (κ1) is 16.4. The highest BCUT2D eigenvalue weighted by molar-refractivity contribution is 6.12. The molecular weight excluding hydrogens is 328 g/mol. The molecular formula is C21H18N2O3. The van der Waals surface area contributed by atoms with E-state index in [4.69, 9.17) is 4.98 Å². The zero-order chi connectivity index (χ0) is 18.3. The number of rotatable bonds is 4. The standard InChI is InChI=1S/C21H18N2O3/c1-2-12-10-17-14(7-5-9-22-17)20-18(12)19(15(11-24)21(25)26)13-6-3-4-8-16(13)23-20/h3-10,15,24H,2,11H2,1H3,(H,25,26). The molecule has 0 bridgehead atoms. The average Bonchev–Trinajstić information content (AvgIpc) is 2.67. The quantitative estimate of drug-likeness (QED) is 0.435. The molecule has 130 valence electrons. The van der Waals surface area contributed by atoms with Crippen molar-refractivity contribution in [2.24, 2.45) is 0 Å². The molecule has 0 spiro atoms. The van der Waals surface area contributed by atoms with Gasteiger partial charge in [0.05, 0.1) is 23.2 Å². The molecule has 4 rings (SSSR count). The van der Waals surface area contributed by atoms with Crippen LogP contribution in [0.5, 0.6) is 0 Å². The molecule has 26 heavy (non-hydrogen) atoms. The Morgan fingerprint density at radius 1 is 1.12 bits per heavy atom. The van der Waals surface area contributed by atoms with Gasteiger partial charge < -0.3 is 10.2 Å². The Morgan fingerprint density at radius 3 is 2.62 bits per heavy atom. The van der Waals surface area contributed by atoms with Crippen LogP contribution in [-0.2, 0) is 11.2 Å². The van der Waals surface area contributed by atoms with Crippen molar-refractivity contribution in [2.75, 3.05) is 6.61 Å². The average molecular weight is 346 g/mol. The molecule has 0 radical (unpaired) electrons. The first-order valence-corrected chi connectivity index (χ1v) is 8.58. The lowest BCUT2D eigenvalue weighted by Gasteiger charge is -2.19. The molecule has 5 heteroatoms. The molecule has 0 saturated heterocycles. The lowest BCUT2D eigenvalue weighted by atomic mass is 9.88. The maximum Gasteiger partial charge on any atom is 0.313 e. The number of carboxylic acid groups (broad SMARTS) is 1. The minimum Gasteiger partial charge on any atom is -0.481 e. The van der Waals surface area contributed by atoms with Crippen LogP contribution in [0.3, 0.4) is 0 Å². The van der Waals surface area contributed by atoms with E-state index in [0.717, 1.165) is 32.8 Å². The molecule has 0 saturated carbocycles. The van der Waals surface area contributed by atoms with Gasteiger partial charge in [0.1, 0.15) is 5.92 Å². The summed E-state index contributed by atoms with van der Waals surface area (Å²) in [5.74, 6) is -2.05. The van der Waals surface area contributed by atoms with E-state index in [2.05, 4.69) is 4.98 Å². The topological polar surface area (TPSA) is 83.3 Å². The number of aromatic nitrogens is 2. The number of benzene rings is 2. The number of aryl methyl sites for hydroxylation is 1. The lowest BCUT2D eigenvalue weighted by molar-refractivity contribution is -0.139. The number of fused-ring (bicyclic) bond motifs is 4. The summed E-state index contributed by atoms with van der Waals surface area (Å²) < 4.78 is 0. The van der Waals surface area contributed by atoms with Crippen LogP contribution in [-0.4, -0.2) is 32.8 Å². The number of carboxylic acids is 1. The van der Waals surface area contributed by atoms with Crippen LogP contribution in [0.15, 0.2) is 48.7 Å². The predicted octanol–water partition coefficient (Wildman–Crippen LogP) is 3.66. The molecule has 0 amide bonds. The molecule has 5 nitrogen and oxygen atoms in total. The smallest absolute Gasteiger partial charge is 0.313 e. The van der Waals surface area contributed by atoms with E-state index in [-0.39, 0.29) is 0 Å². The van der Waals surface area contributed by atoms with Crippen molar-refractivity contribution < 1.29 is 15.0 Å². The molecule has 0 fully saturated rings. The van der Waals surface area contributed by atoms with Gasteiger partial charge in [-0.3, -0.25) is 9.78 Å². The van der Waals surface area contributed by atoms with E-state index in [0.29, 0.717) is 17.5 Å². The fraction of sp³-hybridized carbons (Fsp3) is 0.190. The summed E-state index contributed by atoms with van der Waals surface area (Å²) in [6.07, 6.45) is 2.46. The van der Waals surface area contributed by atoms with E-state index in [1.165, 1.54) is 0 Å². The van der Waals surface area contributed by atoms with Crippen LogP contribution in [0.4, 0.5) is 0 Å². The zero-order valence-corrected chi connectivity index (χ0v) is 14.3. The first-order valence-electron chi connectivity index (χ1n) is 8.58. The third kappa shape index (κ3) is 2.40. The van der Waals surface area contributed by atoms with Crippen LogP contribution in [0.2, 0.25) is 0 Å². The zero-order valence-electron chi connectivity index (χ0n) is 14.3. The maximum atomic E-state index is 11.9. The third-order valence-electron chi connectivity index (χ3n) is 4.87. The Labute approximate surface area is 149 Å². The van der Waals surface area contributed by atoms with E-state index in [1.54, 1.807) is 6.20 Å². The van der Waals surface area contributed by atoms with E-state index in [9.17, 15) is 15.0 Å². The molecule has 2 heterocycles. The normalized spacial score (nSPS) is 12.7. The van der Waals surface area contributed by atoms with Gasteiger partial charge in [0.15, 0.2) is 0 Å². The number of pyridine rings is 2. The second-order valence-corrected chi connectivity index (χ2v) is 6.30. The van der Waals surface area contributed by atoms with Crippen molar-refractivity contribution in [1.82, 2.24) is 9.97 Å². The molecule has 4 aromatic rings. The van der Waals surface area contributed by atoms with E-state index < -0.39 is 18.5 Å². The highest BCUT2D eigenvalue weighted by Crippen LogP contribution is 2.37. The number of aliphatic carboxylic acids is 1. The SMILES string of the molecule is CCc1cc2ncccc2c2nc3ccccc3c(C(CO)C(=O)O)c12. The van der Waals surface area contributed by atoms with Crippen LogP contribution >= 0.6 is 0 Å². The summed E-state index contributed by atoms with van der Waals surface area (Å²) in [6.45, 7) is 1.56. The summed E-state index contributed by atoms with van der Waals surface area (Å²) in [4.78, 5) is 21.2. The summed E-state index contributed by atoms with van der Waals surface area (Å²) in [7, 11) is 0. The Morgan fingerprint density at radius 2 is 1.88 bits per heavy atom. The van der Waals surface area contributed by atoms with Gasteiger partial charge in [-0.05, 0) is 41.8 Å². The highest BCUT2D eigenvalue weighted by Gasteiger charge is 2.26. The number of aliphatic hydroxyl groups is 1. The van der Waals surface area contributed by atoms with E-state index in [1.807, 2.05) is 49.4 Å². The van der Waals surface area contributed by atoms with Crippen molar-refractivity contribution in [3.8, 4) is 0 Å². The van der Waals surface area contributed by atoms with Gasteiger partial charge in [0.25, 0.3) is 0 Å². The van der Waals surface area contributed by atoms with Gasteiger partial charge in [-0.15, -0.1) is 0 Å². The van der Waals surface area contributed by atoms with Gasteiger partial charge in [-0.2, -0.15) is 0 Å². The van der Waals surface area contributed by atoms with Crippen molar-refractivity contribution in [3.05, 3.63) is 59.8 Å².